The van der Waals surface area contributed by atoms with Gasteiger partial charge in [-0.25, -0.2) is 4.98 Å². The van der Waals surface area contributed by atoms with Crippen LogP contribution < -0.4 is 10.2 Å². The van der Waals surface area contributed by atoms with E-state index in [1.807, 2.05) is 19.3 Å². The number of nitrogens with zero attached hydrogens (tertiary/aromatic N) is 2. The molecule has 1 aromatic heterocycles. The molecule has 0 radical (unpaired) electrons. The molecule has 3 heteroatoms. The van der Waals surface area contributed by atoms with Gasteiger partial charge in [0.2, 0.25) is 0 Å². The zero-order valence-corrected chi connectivity index (χ0v) is 8.54. The number of hydrogen-bond acceptors (Lipinski definition) is 3. The quantitative estimate of drug-likeness (QED) is 0.766. The molecule has 0 unspecified atom stereocenters. The maximum absolute atomic E-state index is 4.17. The minimum absolute atomic E-state index is 0.921. The molecule has 0 amide bonds. The summed E-state index contributed by atoms with van der Waals surface area (Å²) in [5.74, 6) is 0.921. The molecule has 1 rings (SSSR count). The van der Waals surface area contributed by atoms with Crippen molar-refractivity contribution in [2.45, 2.75) is 13.8 Å². The highest BCUT2D eigenvalue weighted by Gasteiger charge is 2.01. The van der Waals surface area contributed by atoms with E-state index in [9.17, 15) is 0 Å². The third-order valence-electron chi connectivity index (χ3n) is 2.13. The molecule has 0 bridgehead atoms. The van der Waals surface area contributed by atoms with E-state index in [1.54, 1.807) is 0 Å². The van der Waals surface area contributed by atoms with Crippen LogP contribution in [0.2, 0.25) is 0 Å². The summed E-state index contributed by atoms with van der Waals surface area (Å²) < 4.78 is 0. The Morgan fingerprint density at radius 2 is 2.08 bits per heavy atom. The lowest BCUT2D eigenvalue weighted by molar-refractivity contribution is 0.865. The molecule has 1 N–H and O–H groups in total. The van der Waals surface area contributed by atoms with E-state index < -0.39 is 0 Å². The average Bonchev–Trinajstić information content (AvgIpc) is 2.20. The van der Waals surface area contributed by atoms with Crippen molar-refractivity contribution in [1.82, 2.24) is 4.98 Å². The zero-order chi connectivity index (χ0) is 9.68. The third-order valence-corrected chi connectivity index (χ3v) is 2.13. The molecule has 0 aromatic carbocycles. The molecule has 0 saturated carbocycles. The standard InChI is InChI=1S/C10H17N3/c1-4-13(5-2)9-6-7-12-10(8-9)11-3/h6-8H,4-5H2,1-3H3,(H,11,12). The van der Waals surface area contributed by atoms with Crippen molar-refractivity contribution in [2.75, 3.05) is 30.4 Å². The monoisotopic (exact) mass is 179 g/mol. The van der Waals surface area contributed by atoms with Gasteiger partial charge in [-0.15, -0.1) is 0 Å². The van der Waals surface area contributed by atoms with Crippen LogP contribution >= 0.6 is 0 Å². The first-order valence-electron chi connectivity index (χ1n) is 4.70. The Bertz CT molecular complexity index is 256. The van der Waals surface area contributed by atoms with Gasteiger partial charge in [-0.3, -0.25) is 0 Å². The summed E-state index contributed by atoms with van der Waals surface area (Å²) in [6.07, 6.45) is 1.83. The van der Waals surface area contributed by atoms with E-state index in [2.05, 4.69) is 35.1 Å². The van der Waals surface area contributed by atoms with E-state index in [-0.39, 0.29) is 0 Å². The van der Waals surface area contributed by atoms with Gasteiger partial charge < -0.3 is 10.2 Å². The summed E-state index contributed by atoms with van der Waals surface area (Å²) in [4.78, 5) is 6.47. The van der Waals surface area contributed by atoms with Gasteiger partial charge in [0.05, 0.1) is 0 Å². The van der Waals surface area contributed by atoms with Gasteiger partial charge in [-0.1, -0.05) is 0 Å². The van der Waals surface area contributed by atoms with Crippen molar-refractivity contribution in [3.63, 3.8) is 0 Å². The molecule has 13 heavy (non-hydrogen) atoms. The molecule has 0 aliphatic heterocycles. The molecule has 0 aliphatic rings. The first kappa shape index (κ1) is 9.84. The van der Waals surface area contributed by atoms with Gasteiger partial charge in [-0.05, 0) is 19.9 Å². The van der Waals surface area contributed by atoms with Gasteiger partial charge in [0.15, 0.2) is 0 Å². The molecule has 72 valence electrons. The van der Waals surface area contributed by atoms with Crippen LogP contribution in [0.25, 0.3) is 0 Å². The number of anilines is 2. The lowest BCUT2D eigenvalue weighted by Crippen LogP contribution is -2.21. The highest BCUT2D eigenvalue weighted by atomic mass is 15.1. The number of aromatic nitrogens is 1. The van der Waals surface area contributed by atoms with Crippen molar-refractivity contribution in [3.05, 3.63) is 18.3 Å². The van der Waals surface area contributed by atoms with Crippen LogP contribution in [-0.2, 0) is 0 Å². The van der Waals surface area contributed by atoms with Gasteiger partial charge in [0, 0.05) is 38.1 Å². The molecular formula is C10H17N3. The van der Waals surface area contributed by atoms with Gasteiger partial charge in [-0.2, -0.15) is 0 Å². The fourth-order valence-electron chi connectivity index (χ4n) is 1.34. The van der Waals surface area contributed by atoms with Gasteiger partial charge in [0.25, 0.3) is 0 Å². The Morgan fingerprint density at radius 3 is 2.62 bits per heavy atom. The van der Waals surface area contributed by atoms with Crippen LogP contribution in [0, 0.1) is 0 Å². The summed E-state index contributed by atoms with van der Waals surface area (Å²) in [6.45, 7) is 6.37. The second-order valence-electron chi connectivity index (χ2n) is 2.82. The van der Waals surface area contributed by atoms with Crippen LogP contribution in [0.5, 0.6) is 0 Å². The Morgan fingerprint density at radius 1 is 1.38 bits per heavy atom. The fraction of sp³-hybridized carbons (Fsp3) is 0.500. The summed E-state index contributed by atoms with van der Waals surface area (Å²) in [5.41, 5.74) is 1.23. The normalized spacial score (nSPS) is 9.77. The molecule has 0 saturated heterocycles. The molecule has 0 fully saturated rings. The first-order valence-corrected chi connectivity index (χ1v) is 4.70. The van der Waals surface area contributed by atoms with Crippen molar-refractivity contribution >= 4 is 11.5 Å². The van der Waals surface area contributed by atoms with E-state index in [1.165, 1.54) is 5.69 Å². The van der Waals surface area contributed by atoms with E-state index in [0.29, 0.717) is 0 Å². The van der Waals surface area contributed by atoms with Crippen molar-refractivity contribution in [1.29, 1.82) is 0 Å². The lowest BCUT2D eigenvalue weighted by Gasteiger charge is -2.21. The largest absolute Gasteiger partial charge is 0.373 e. The van der Waals surface area contributed by atoms with Crippen molar-refractivity contribution < 1.29 is 0 Å². The number of hydrogen-bond donors (Lipinski definition) is 1. The number of rotatable bonds is 4. The van der Waals surface area contributed by atoms with E-state index in [4.69, 9.17) is 0 Å². The van der Waals surface area contributed by atoms with Crippen LogP contribution in [0.3, 0.4) is 0 Å². The smallest absolute Gasteiger partial charge is 0.127 e. The second kappa shape index (κ2) is 4.70. The molecule has 1 aromatic rings. The Balaban J connectivity index is 2.86. The first-order chi connectivity index (χ1) is 6.31. The van der Waals surface area contributed by atoms with Crippen LogP contribution in [0.4, 0.5) is 11.5 Å². The predicted octanol–water partition coefficient (Wildman–Crippen LogP) is 1.97. The Kier molecular flexibility index (Phi) is 3.55. The van der Waals surface area contributed by atoms with Crippen LogP contribution in [0.15, 0.2) is 18.3 Å². The fourth-order valence-corrected chi connectivity index (χ4v) is 1.34. The highest BCUT2D eigenvalue weighted by Crippen LogP contribution is 2.15. The van der Waals surface area contributed by atoms with Crippen LogP contribution in [-0.4, -0.2) is 25.1 Å². The van der Waals surface area contributed by atoms with Gasteiger partial charge >= 0.3 is 0 Å². The molecule has 1 heterocycles. The zero-order valence-electron chi connectivity index (χ0n) is 8.54. The van der Waals surface area contributed by atoms with Crippen molar-refractivity contribution in [2.24, 2.45) is 0 Å². The van der Waals surface area contributed by atoms with E-state index >= 15 is 0 Å². The minimum atomic E-state index is 0.921. The summed E-state index contributed by atoms with van der Waals surface area (Å²) >= 11 is 0. The summed E-state index contributed by atoms with van der Waals surface area (Å²) in [5, 5.41) is 3.03. The number of pyridine rings is 1. The average molecular weight is 179 g/mol. The lowest BCUT2D eigenvalue weighted by atomic mass is 10.3. The summed E-state index contributed by atoms with van der Waals surface area (Å²) in [7, 11) is 1.88. The Hall–Kier alpha value is -1.25. The third kappa shape index (κ3) is 2.34. The minimum Gasteiger partial charge on any atom is -0.373 e. The molecule has 0 atom stereocenters. The second-order valence-corrected chi connectivity index (χ2v) is 2.82. The highest BCUT2D eigenvalue weighted by molar-refractivity contribution is 5.53. The Labute approximate surface area is 79.8 Å². The number of nitrogens with one attached hydrogen (secondary N) is 1. The molecule has 0 aliphatic carbocycles. The maximum atomic E-state index is 4.17. The molecule has 3 nitrogen and oxygen atoms in total. The molecule has 0 spiro atoms. The van der Waals surface area contributed by atoms with Gasteiger partial charge in [0.1, 0.15) is 5.82 Å². The predicted molar refractivity (Wildman–Crippen MR) is 57.3 cm³/mol. The van der Waals surface area contributed by atoms with Crippen molar-refractivity contribution in [3.8, 4) is 0 Å². The van der Waals surface area contributed by atoms with Crippen LogP contribution in [0.1, 0.15) is 13.8 Å². The maximum Gasteiger partial charge on any atom is 0.127 e. The summed E-state index contributed by atoms with van der Waals surface area (Å²) in [6, 6.07) is 4.10. The topological polar surface area (TPSA) is 28.2 Å². The molecular weight excluding hydrogens is 162 g/mol. The SMILES string of the molecule is CCN(CC)c1ccnc(NC)c1. The van der Waals surface area contributed by atoms with E-state index in [0.717, 1.165) is 18.9 Å².